The van der Waals surface area contributed by atoms with Crippen LogP contribution in [0.25, 0.3) is 0 Å². The molecule has 2 N–H and O–H groups in total. The van der Waals surface area contributed by atoms with Crippen LogP contribution in [-0.4, -0.2) is 25.9 Å². The zero-order valence-electron chi connectivity index (χ0n) is 17.6. The molecule has 31 heavy (non-hydrogen) atoms. The van der Waals surface area contributed by atoms with E-state index in [-0.39, 0.29) is 11.8 Å². The van der Waals surface area contributed by atoms with Crippen LogP contribution in [0.1, 0.15) is 25.0 Å². The molecule has 0 atom stereocenters. The van der Waals surface area contributed by atoms with E-state index in [1.54, 1.807) is 6.20 Å². The fourth-order valence-electron chi connectivity index (χ4n) is 2.87. The molecule has 3 aromatic rings. The summed E-state index contributed by atoms with van der Waals surface area (Å²) < 4.78 is 2.45. The van der Waals surface area contributed by atoms with Gasteiger partial charge in [0.25, 0.3) is 0 Å². The smallest absolute Gasteiger partial charge is 0.221 e. The quantitative estimate of drug-likeness (QED) is 0.422. The van der Waals surface area contributed by atoms with Gasteiger partial charge in [0.05, 0.1) is 10.9 Å². The molecule has 6 nitrogen and oxygen atoms in total. The molecule has 0 spiro atoms. The van der Waals surface area contributed by atoms with Gasteiger partial charge in [-0.1, -0.05) is 24.3 Å². The number of carbonyl (C=O) groups excluding carboxylic acids is 2. The number of carbonyl (C=O) groups is 2. The number of aromatic nitrogens is 2. The van der Waals surface area contributed by atoms with Crippen molar-refractivity contribution in [3.63, 3.8) is 0 Å². The average Bonchev–Trinajstić information content (AvgIpc) is 3.24. The highest BCUT2D eigenvalue weighted by atomic mass is 32.2. The van der Waals surface area contributed by atoms with E-state index in [1.165, 1.54) is 25.0 Å². The number of imidazole rings is 1. The Morgan fingerprint density at radius 2 is 1.35 bits per heavy atom. The zero-order chi connectivity index (χ0) is 22.1. The van der Waals surface area contributed by atoms with Crippen molar-refractivity contribution in [2.24, 2.45) is 0 Å². The fourth-order valence-corrected chi connectivity index (χ4v) is 5.36. The van der Waals surface area contributed by atoms with Crippen molar-refractivity contribution in [2.75, 3.05) is 10.6 Å². The van der Waals surface area contributed by atoms with Gasteiger partial charge in [-0.15, -0.1) is 23.5 Å². The van der Waals surface area contributed by atoms with Gasteiger partial charge in [-0.2, -0.15) is 0 Å². The van der Waals surface area contributed by atoms with Crippen LogP contribution < -0.4 is 10.6 Å². The van der Waals surface area contributed by atoms with Crippen LogP contribution in [0.2, 0.25) is 0 Å². The van der Waals surface area contributed by atoms with Gasteiger partial charge in [-0.05, 0) is 35.4 Å². The molecule has 0 aliphatic carbocycles. The summed E-state index contributed by atoms with van der Waals surface area (Å²) in [5.41, 5.74) is 4.06. The van der Waals surface area contributed by atoms with E-state index in [4.69, 9.17) is 0 Å². The summed E-state index contributed by atoms with van der Waals surface area (Å²) in [7, 11) is 0. The van der Waals surface area contributed by atoms with E-state index in [9.17, 15) is 9.59 Å². The number of nitrogens with one attached hydrogen (secondary N) is 2. The number of benzene rings is 2. The fraction of sp³-hybridized carbons (Fsp3) is 0.261. The normalized spacial score (nSPS) is 10.8. The third kappa shape index (κ3) is 8.15. The molecule has 8 heteroatoms. The number of amides is 2. The van der Waals surface area contributed by atoms with Crippen molar-refractivity contribution in [3.8, 4) is 0 Å². The van der Waals surface area contributed by atoms with E-state index < -0.39 is 0 Å². The maximum Gasteiger partial charge on any atom is 0.221 e. The van der Waals surface area contributed by atoms with E-state index in [0.717, 1.165) is 29.4 Å². The van der Waals surface area contributed by atoms with Crippen molar-refractivity contribution in [3.05, 3.63) is 78.4 Å². The number of anilines is 2. The molecule has 1 heterocycles. The van der Waals surface area contributed by atoms with Gasteiger partial charge in [-0.3, -0.25) is 9.59 Å². The summed E-state index contributed by atoms with van der Waals surface area (Å²) >= 11 is 3.79. The van der Waals surface area contributed by atoms with E-state index in [0.29, 0.717) is 4.58 Å². The van der Waals surface area contributed by atoms with Crippen LogP contribution in [0.4, 0.5) is 11.4 Å². The molecular weight excluding hydrogens is 428 g/mol. The Morgan fingerprint density at radius 3 is 1.74 bits per heavy atom. The van der Waals surface area contributed by atoms with E-state index in [1.807, 2.05) is 60.3 Å². The topological polar surface area (TPSA) is 76.0 Å². The van der Waals surface area contributed by atoms with Crippen LogP contribution >= 0.6 is 23.5 Å². The van der Waals surface area contributed by atoms with Gasteiger partial charge in [0.15, 0.2) is 0 Å². The number of hydrogen-bond acceptors (Lipinski definition) is 5. The maximum atomic E-state index is 11.2. The Morgan fingerprint density at radius 1 is 0.871 bits per heavy atom. The van der Waals surface area contributed by atoms with Gasteiger partial charge in [0.1, 0.15) is 0 Å². The molecule has 3 rings (SSSR count). The van der Waals surface area contributed by atoms with Crippen molar-refractivity contribution in [2.45, 2.75) is 36.5 Å². The molecule has 0 fully saturated rings. The third-order valence-corrected chi connectivity index (χ3v) is 7.20. The van der Waals surface area contributed by atoms with Crippen LogP contribution in [0.5, 0.6) is 0 Å². The molecule has 0 radical (unpaired) electrons. The number of rotatable bonds is 10. The lowest BCUT2D eigenvalue weighted by atomic mass is 10.2. The Bertz CT molecular complexity index is 910. The molecule has 162 valence electrons. The van der Waals surface area contributed by atoms with Gasteiger partial charge >= 0.3 is 0 Å². The summed E-state index contributed by atoms with van der Waals surface area (Å²) in [6.07, 6.45) is 5.63. The Kier molecular flexibility index (Phi) is 8.61. The predicted octanol–water partition coefficient (Wildman–Crippen LogP) is 4.99. The lowest BCUT2D eigenvalue weighted by Crippen LogP contribution is -2.09. The Balaban J connectivity index is 1.57. The third-order valence-electron chi connectivity index (χ3n) is 4.34. The van der Waals surface area contributed by atoms with Crippen molar-refractivity contribution in [1.29, 1.82) is 0 Å². The summed E-state index contributed by atoms with van der Waals surface area (Å²) in [5.74, 6) is 1.63. The minimum Gasteiger partial charge on any atom is -0.336 e. The molecule has 0 aliphatic heterocycles. The minimum absolute atomic E-state index is 0.0657. The standard InChI is InChI=1S/C23H26N4O2S2/c1-17(28)25-21-7-3-19(4-8-21)14-30-23(13-27-12-11-24-16-27)31-15-20-5-9-22(10-6-20)26-18(2)29/h3-12,16,23H,13-15H2,1-2H3,(H,25,28)(H,26,29). The molecule has 2 aromatic carbocycles. The highest BCUT2D eigenvalue weighted by Crippen LogP contribution is 2.31. The molecule has 0 unspecified atom stereocenters. The minimum atomic E-state index is -0.0657. The van der Waals surface area contributed by atoms with Crippen LogP contribution in [0.3, 0.4) is 0 Å². The monoisotopic (exact) mass is 454 g/mol. The lowest BCUT2D eigenvalue weighted by molar-refractivity contribution is -0.115. The van der Waals surface area contributed by atoms with Crippen molar-refractivity contribution < 1.29 is 9.59 Å². The van der Waals surface area contributed by atoms with Gasteiger partial charge < -0.3 is 15.2 Å². The summed E-state index contributed by atoms with van der Waals surface area (Å²) in [6, 6.07) is 16.0. The second-order valence-corrected chi connectivity index (χ2v) is 9.75. The van der Waals surface area contributed by atoms with Gasteiger partial charge in [0, 0.05) is 55.7 Å². The molecular formula is C23H26N4O2S2. The predicted molar refractivity (Wildman–Crippen MR) is 130 cm³/mol. The largest absolute Gasteiger partial charge is 0.336 e. The second kappa shape index (κ2) is 11.6. The maximum absolute atomic E-state index is 11.2. The number of nitrogens with zero attached hydrogens (tertiary/aromatic N) is 2. The molecule has 2 amide bonds. The first kappa shape index (κ1) is 23.0. The summed E-state index contributed by atoms with van der Waals surface area (Å²) in [5, 5.41) is 5.59. The summed E-state index contributed by atoms with van der Waals surface area (Å²) in [6.45, 7) is 3.88. The van der Waals surface area contributed by atoms with Gasteiger partial charge in [-0.25, -0.2) is 4.98 Å². The number of thioether (sulfide) groups is 2. The van der Waals surface area contributed by atoms with Crippen LogP contribution in [-0.2, 0) is 27.6 Å². The van der Waals surface area contributed by atoms with Gasteiger partial charge in [0.2, 0.25) is 11.8 Å². The SMILES string of the molecule is CC(=O)Nc1ccc(CSC(Cn2ccnc2)SCc2ccc(NC(C)=O)cc2)cc1. The molecule has 1 aromatic heterocycles. The van der Waals surface area contributed by atoms with Crippen LogP contribution in [0, 0.1) is 0 Å². The first-order chi connectivity index (χ1) is 15.0. The molecule has 0 saturated carbocycles. The Labute approximate surface area is 191 Å². The average molecular weight is 455 g/mol. The number of hydrogen-bond donors (Lipinski definition) is 2. The van der Waals surface area contributed by atoms with Crippen molar-refractivity contribution >= 4 is 46.7 Å². The second-order valence-electron chi connectivity index (χ2n) is 7.07. The Hall–Kier alpha value is -2.71. The molecule has 0 bridgehead atoms. The van der Waals surface area contributed by atoms with Crippen LogP contribution in [0.15, 0.2) is 67.3 Å². The first-order valence-corrected chi connectivity index (χ1v) is 12.0. The summed E-state index contributed by atoms with van der Waals surface area (Å²) in [4.78, 5) is 26.5. The highest BCUT2D eigenvalue weighted by molar-refractivity contribution is 8.16. The first-order valence-electron chi connectivity index (χ1n) is 9.90. The van der Waals surface area contributed by atoms with Crippen molar-refractivity contribution in [1.82, 2.24) is 9.55 Å². The molecule has 0 aliphatic rings. The zero-order valence-corrected chi connectivity index (χ0v) is 19.2. The molecule has 0 saturated heterocycles. The van der Waals surface area contributed by atoms with E-state index in [2.05, 4.69) is 44.5 Å². The van der Waals surface area contributed by atoms with E-state index >= 15 is 0 Å². The highest BCUT2D eigenvalue weighted by Gasteiger charge is 2.12. The lowest BCUT2D eigenvalue weighted by Gasteiger charge is -2.17.